The first kappa shape index (κ1) is 24.0. The average molecular weight is 487 g/mol. The lowest BCUT2D eigenvalue weighted by Gasteiger charge is -2.37. The summed E-state index contributed by atoms with van der Waals surface area (Å²) in [6, 6.07) is 12.7. The number of pyridine rings is 1. The quantitative estimate of drug-likeness (QED) is 0.601. The van der Waals surface area contributed by atoms with Crippen molar-refractivity contribution < 1.29 is 4.79 Å². The second kappa shape index (κ2) is 9.73. The molecule has 2 aliphatic rings. The summed E-state index contributed by atoms with van der Waals surface area (Å²) in [6.45, 7) is 6.86. The van der Waals surface area contributed by atoms with Crippen molar-refractivity contribution in [1.82, 2.24) is 24.8 Å². The highest BCUT2D eigenvalue weighted by Gasteiger charge is 2.26. The number of benzene rings is 1. The highest BCUT2D eigenvalue weighted by atomic mass is 16.2. The molecule has 0 aliphatic carbocycles. The maximum absolute atomic E-state index is 12.2. The summed E-state index contributed by atoms with van der Waals surface area (Å²) in [6.07, 6.45) is 2.70. The highest BCUT2D eigenvalue weighted by Crippen LogP contribution is 2.32. The molecule has 2 aromatic heterocycles. The minimum Gasteiger partial charge on any atom is -0.368 e. The molecule has 1 fully saturated rings. The molecule has 1 saturated heterocycles. The van der Waals surface area contributed by atoms with Crippen molar-refractivity contribution >= 4 is 23.5 Å². The number of carbonyl (C=O) groups excluding carboxylic acids is 1. The minimum atomic E-state index is -0.100. The third-order valence-corrected chi connectivity index (χ3v) is 7.15. The largest absolute Gasteiger partial charge is 0.368 e. The lowest BCUT2D eigenvalue weighted by atomic mass is 9.92. The molecule has 1 atom stereocenters. The molecule has 1 aromatic carbocycles. The van der Waals surface area contributed by atoms with Gasteiger partial charge in [0.25, 0.3) is 5.91 Å². The van der Waals surface area contributed by atoms with Gasteiger partial charge in [0.05, 0.1) is 0 Å². The van der Waals surface area contributed by atoms with Gasteiger partial charge in [-0.3, -0.25) is 9.78 Å². The summed E-state index contributed by atoms with van der Waals surface area (Å²) in [5, 5.41) is 0. The van der Waals surface area contributed by atoms with Crippen LogP contribution in [-0.2, 0) is 13.0 Å². The van der Waals surface area contributed by atoms with Crippen LogP contribution in [0.1, 0.15) is 28.5 Å². The minimum absolute atomic E-state index is 0.100. The van der Waals surface area contributed by atoms with E-state index in [4.69, 9.17) is 5.73 Å². The summed E-state index contributed by atoms with van der Waals surface area (Å²) in [5.41, 5.74) is 11.3. The van der Waals surface area contributed by atoms with Gasteiger partial charge in [0.15, 0.2) is 0 Å². The number of aromatic nitrogens is 3. The van der Waals surface area contributed by atoms with Gasteiger partial charge in [-0.1, -0.05) is 18.2 Å². The Morgan fingerprint density at radius 1 is 0.972 bits per heavy atom. The van der Waals surface area contributed by atoms with Crippen LogP contribution in [0.15, 0.2) is 42.6 Å². The van der Waals surface area contributed by atoms with Gasteiger partial charge in [0.2, 0.25) is 5.95 Å². The molecular weight excluding hydrogens is 452 g/mol. The lowest BCUT2D eigenvalue weighted by molar-refractivity contribution is 0.0822. The summed E-state index contributed by atoms with van der Waals surface area (Å²) < 4.78 is 0. The first-order valence-electron chi connectivity index (χ1n) is 12.4. The molecule has 9 heteroatoms. The van der Waals surface area contributed by atoms with Crippen molar-refractivity contribution in [3.8, 4) is 11.1 Å². The third-order valence-electron chi connectivity index (χ3n) is 7.15. The number of hydrogen-bond acceptors (Lipinski definition) is 8. The zero-order valence-corrected chi connectivity index (χ0v) is 21.5. The normalized spacial score (nSPS) is 18.2. The number of hydrogen-bond donors (Lipinski definition) is 1. The monoisotopic (exact) mass is 486 g/mol. The first-order valence-corrected chi connectivity index (χ1v) is 12.4. The van der Waals surface area contributed by atoms with Crippen LogP contribution in [0.25, 0.3) is 11.1 Å². The Kier molecular flexibility index (Phi) is 6.49. The van der Waals surface area contributed by atoms with Crippen LogP contribution in [0, 0.1) is 0 Å². The Morgan fingerprint density at radius 3 is 2.39 bits per heavy atom. The molecule has 9 nitrogen and oxygen atoms in total. The number of nitrogen functional groups attached to an aromatic ring is 1. The second-order valence-corrected chi connectivity index (χ2v) is 10.0. The number of fused-ring (bicyclic) bond motifs is 1. The molecule has 188 valence electrons. The van der Waals surface area contributed by atoms with Gasteiger partial charge in [0, 0.05) is 70.7 Å². The molecular formula is C27H34N8O. The van der Waals surface area contributed by atoms with E-state index >= 15 is 0 Å². The summed E-state index contributed by atoms with van der Waals surface area (Å²) in [4.78, 5) is 34.2. The number of piperazine rings is 1. The van der Waals surface area contributed by atoms with Crippen LogP contribution < -0.4 is 15.5 Å². The fourth-order valence-electron chi connectivity index (χ4n) is 4.93. The third kappa shape index (κ3) is 4.83. The number of likely N-dealkylation sites (N-methyl/N-ethyl adjacent to an activating group) is 1. The van der Waals surface area contributed by atoms with E-state index in [-0.39, 0.29) is 11.9 Å². The summed E-state index contributed by atoms with van der Waals surface area (Å²) in [7, 11) is 5.60. The van der Waals surface area contributed by atoms with Crippen molar-refractivity contribution in [1.29, 1.82) is 0 Å². The molecule has 2 aliphatic heterocycles. The molecule has 0 spiro atoms. The molecule has 36 heavy (non-hydrogen) atoms. The number of anilines is 3. The van der Waals surface area contributed by atoms with Gasteiger partial charge >= 0.3 is 0 Å². The summed E-state index contributed by atoms with van der Waals surface area (Å²) >= 11 is 0. The van der Waals surface area contributed by atoms with E-state index in [1.54, 1.807) is 26.4 Å². The maximum Gasteiger partial charge on any atom is 0.271 e. The number of amides is 1. The van der Waals surface area contributed by atoms with Crippen LogP contribution >= 0.6 is 0 Å². The zero-order valence-electron chi connectivity index (χ0n) is 21.5. The Labute approximate surface area is 212 Å². The van der Waals surface area contributed by atoms with Gasteiger partial charge < -0.3 is 25.3 Å². The van der Waals surface area contributed by atoms with Crippen LogP contribution in [0.4, 0.5) is 17.6 Å². The molecule has 5 rings (SSSR count). The number of carbonyl (C=O) groups is 1. The maximum atomic E-state index is 12.2. The van der Waals surface area contributed by atoms with Crippen LogP contribution in [0.5, 0.6) is 0 Å². The molecule has 2 N–H and O–H groups in total. The van der Waals surface area contributed by atoms with Crippen LogP contribution in [-0.4, -0.2) is 84.0 Å². The van der Waals surface area contributed by atoms with Gasteiger partial charge in [-0.25, -0.2) is 0 Å². The number of nitrogens with two attached hydrogens (primary N) is 1. The van der Waals surface area contributed by atoms with Gasteiger partial charge in [-0.05, 0) is 49.2 Å². The van der Waals surface area contributed by atoms with Crippen LogP contribution in [0.2, 0.25) is 0 Å². The van der Waals surface area contributed by atoms with E-state index in [0.717, 1.165) is 61.9 Å². The van der Waals surface area contributed by atoms with E-state index in [1.165, 1.54) is 16.0 Å². The van der Waals surface area contributed by atoms with E-state index in [2.05, 4.69) is 67.9 Å². The predicted octanol–water partition coefficient (Wildman–Crippen LogP) is 2.53. The van der Waals surface area contributed by atoms with Crippen molar-refractivity contribution in [3.05, 3.63) is 59.4 Å². The molecule has 0 saturated carbocycles. The lowest BCUT2D eigenvalue weighted by Crippen LogP contribution is -2.45. The van der Waals surface area contributed by atoms with Crippen molar-refractivity contribution in [2.24, 2.45) is 0 Å². The predicted molar refractivity (Wildman–Crippen MR) is 143 cm³/mol. The zero-order chi connectivity index (χ0) is 25.4. The SMILES string of the molecule is CC1Cc2ccc(-c3ccc(C(=O)N(C)C)nc3)cc2CN1c1cc(N2CCN(C)CC2)nc(N)n1. The Bertz CT molecular complexity index is 1250. The van der Waals surface area contributed by atoms with E-state index in [9.17, 15) is 4.79 Å². The van der Waals surface area contributed by atoms with E-state index < -0.39 is 0 Å². The van der Waals surface area contributed by atoms with E-state index in [1.807, 2.05) is 6.07 Å². The first-order chi connectivity index (χ1) is 17.3. The number of rotatable bonds is 4. The molecule has 1 unspecified atom stereocenters. The molecule has 3 aromatic rings. The fourth-order valence-corrected chi connectivity index (χ4v) is 4.93. The standard InChI is InChI=1S/C27H34N8O/c1-18-13-19-5-6-20(21-7-8-23(29-16-21)26(36)32(2)3)14-22(19)17-35(18)25-15-24(30-27(28)31-25)34-11-9-33(4)10-12-34/h5-8,14-16,18H,9-13,17H2,1-4H3,(H2,28,30,31). The smallest absolute Gasteiger partial charge is 0.271 e. The second-order valence-electron chi connectivity index (χ2n) is 10.0. The fraction of sp³-hybridized carbons (Fsp3) is 0.407. The Hall–Kier alpha value is -3.72. The summed E-state index contributed by atoms with van der Waals surface area (Å²) in [5.74, 6) is 1.98. The molecule has 4 heterocycles. The Balaban J connectivity index is 1.40. The molecule has 1 amide bonds. The number of nitrogens with zero attached hydrogens (tertiary/aromatic N) is 7. The van der Waals surface area contributed by atoms with Crippen molar-refractivity contribution in [3.63, 3.8) is 0 Å². The topological polar surface area (TPSA) is 94.7 Å². The van der Waals surface area contributed by atoms with Gasteiger partial charge in [-0.15, -0.1) is 0 Å². The van der Waals surface area contributed by atoms with Crippen LogP contribution in [0.3, 0.4) is 0 Å². The molecule has 0 radical (unpaired) electrons. The van der Waals surface area contributed by atoms with Gasteiger partial charge in [0.1, 0.15) is 17.3 Å². The Morgan fingerprint density at radius 2 is 1.69 bits per heavy atom. The average Bonchev–Trinajstić information content (AvgIpc) is 2.87. The highest BCUT2D eigenvalue weighted by molar-refractivity contribution is 5.92. The van der Waals surface area contributed by atoms with Crippen molar-refractivity contribution in [2.75, 3.05) is 62.9 Å². The molecule has 0 bridgehead atoms. The van der Waals surface area contributed by atoms with Crippen molar-refractivity contribution in [2.45, 2.75) is 25.9 Å². The van der Waals surface area contributed by atoms with E-state index in [0.29, 0.717) is 11.6 Å². The van der Waals surface area contributed by atoms with Gasteiger partial charge in [-0.2, -0.15) is 9.97 Å².